The van der Waals surface area contributed by atoms with Crippen LogP contribution >= 0.6 is 0 Å². The molecule has 0 bridgehead atoms. The molecule has 1 aliphatic heterocycles. The van der Waals surface area contributed by atoms with Crippen molar-refractivity contribution in [2.24, 2.45) is 0 Å². The van der Waals surface area contributed by atoms with Gasteiger partial charge in [0, 0.05) is 11.3 Å². The van der Waals surface area contributed by atoms with Crippen molar-refractivity contribution >= 4 is 23.3 Å². The number of hydrogen-bond acceptors (Lipinski definition) is 3. The molecule has 0 radical (unpaired) electrons. The summed E-state index contributed by atoms with van der Waals surface area (Å²) < 4.78 is 14.6. The zero-order valence-electron chi connectivity index (χ0n) is 14.6. The van der Waals surface area contributed by atoms with Gasteiger partial charge in [-0.05, 0) is 36.8 Å². The van der Waals surface area contributed by atoms with Crippen molar-refractivity contribution in [2.45, 2.75) is 19.4 Å². The molecule has 27 heavy (non-hydrogen) atoms. The molecule has 3 aromatic rings. The molecular weight excluding hydrogens is 347 g/mol. The lowest BCUT2D eigenvalue weighted by molar-refractivity contribution is -0.123. The number of anilines is 2. The average molecular weight is 364 g/mol. The number of nitrogens with one attached hydrogen (secondary N) is 2. The minimum Gasteiger partial charge on any atom is -0.326 e. The lowest BCUT2D eigenvalue weighted by Crippen LogP contribution is -2.23. The highest BCUT2D eigenvalue weighted by Crippen LogP contribution is 2.35. The Bertz CT molecular complexity index is 1010. The Balaban J connectivity index is 1.52. The van der Waals surface area contributed by atoms with Crippen LogP contribution in [0.2, 0.25) is 0 Å². The zero-order valence-corrected chi connectivity index (χ0v) is 14.6. The van der Waals surface area contributed by atoms with Gasteiger partial charge in [0.2, 0.25) is 5.91 Å². The van der Waals surface area contributed by atoms with Gasteiger partial charge in [-0.1, -0.05) is 29.8 Å². The SMILES string of the molecule is Cc1ccc(NC(=O)CC2C(=O)Nc3c(-c4ccc(F)cc4)cnn32)cc1. The summed E-state index contributed by atoms with van der Waals surface area (Å²) in [6, 6.07) is 12.7. The fourth-order valence-corrected chi connectivity index (χ4v) is 3.08. The van der Waals surface area contributed by atoms with E-state index >= 15 is 0 Å². The van der Waals surface area contributed by atoms with E-state index in [0.29, 0.717) is 17.1 Å². The van der Waals surface area contributed by atoms with Gasteiger partial charge in [-0.15, -0.1) is 0 Å². The Kier molecular flexibility index (Phi) is 4.19. The molecule has 1 atom stereocenters. The smallest absolute Gasteiger partial charge is 0.251 e. The fourth-order valence-electron chi connectivity index (χ4n) is 3.08. The van der Waals surface area contributed by atoms with E-state index in [1.807, 2.05) is 31.2 Å². The van der Waals surface area contributed by atoms with Crippen molar-refractivity contribution in [3.63, 3.8) is 0 Å². The predicted molar refractivity (Wildman–Crippen MR) is 99.7 cm³/mol. The van der Waals surface area contributed by atoms with Crippen molar-refractivity contribution < 1.29 is 14.0 Å². The third-order valence-corrected chi connectivity index (χ3v) is 4.50. The number of aromatic nitrogens is 2. The summed E-state index contributed by atoms with van der Waals surface area (Å²) in [6.45, 7) is 1.96. The van der Waals surface area contributed by atoms with Gasteiger partial charge < -0.3 is 10.6 Å². The van der Waals surface area contributed by atoms with Crippen molar-refractivity contribution in [1.82, 2.24) is 9.78 Å². The number of aryl methyl sites for hydroxylation is 1. The lowest BCUT2D eigenvalue weighted by Gasteiger charge is -2.10. The van der Waals surface area contributed by atoms with Crippen molar-refractivity contribution in [1.29, 1.82) is 0 Å². The van der Waals surface area contributed by atoms with Crippen molar-refractivity contribution in [3.05, 3.63) is 66.1 Å². The van der Waals surface area contributed by atoms with Gasteiger partial charge in [0.25, 0.3) is 5.91 Å². The maximum Gasteiger partial charge on any atom is 0.251 e. The molecule has 0 aliphatic carbocycles. The highest BCUT2D eigenvalue weighted by atomic mass is 19.1. The average Bonchev–Trinajstić information content (AvgIpc) is 3.18. The molecule has 0 saturated heterocycles. The molecule has 1 aromatic heterocycles. The van der Waals surface area contributed by atoms with E-state index in [2.05, 4.69) is 15.7 Å². The maximum absolute atomic E-state index is 13.1. The van der Waals surface area contributed by atoms with E-state index in [0.717, 1.165) is 11.1 Å². The summed E-state index contributed by atoms with van der Waals surface area (Å²) >= 11 is 0. The second kappa shape index (κ2) is 6.68. The number of hydrogen-bond donors (Lipinski definition) is 2. The van der Waals surface area contributed by atoms with Gasteiger partial charge in [-0.25, -0.2) is 9.07 Å². The van der Waals surface area contributed by atoms with E-state index in [-0.39, 0.29) is 24.1 Å². The van der Waals surface area contributed by atoms with Crippen LogP contribution in [-0.4, -0.2) is 21.6 Å². The van der Waals surface area contributed by atoms with Gasteiger partial charge in [0.1, 0.15) is 17.7 Å². The number of benzene rings is 2. The van der Waals surface area contributed by atoms with E-state index < -0.39 is 6.04 Å². The molecule has 6 nitrogen and oxygen atoms in total. The Morgan fingerprint density at radius 3 is 2.59 bits per heavy atom. The summed E-state index contributed by atoms with van der Waals surface area (Å²) in [5.74, 6) is -0.386. The molecule has 7 heteroatoms. The monoisotopic (exact) mass is 364 g/mol. The highest BCUT2D eigenvalue weighted by molar-refractivity contribution is 6.04. The second-order valence-electron chi connectivity index (χ2n) is 6.48. The quantitative estimate of drug-likeness (QED) is 0.744. The van der Waals surface area contributed by atoms with Crippen LogP contribution in [0.15, 0.2) is 54.7 Å². The summed E-state index contributed by atoms with van der Waals surface area (Å²) in [7, 11) is 0. The summed E-state index contributed by atoms with van der Waals surface area (Å²) in [6.07, 6.45) is 1.57. The van der Waals surface area contributed by atoms with Crippen molar-refractivity contribution in [3.8, 4) is 11.1 Å². The second-order valence-corrected chi connectivity index (χ2v) is 6.48. The Morgan fingerprint density at radius 2 is 1.89 bits per heavy atom. The first-order valence-corrected chi connectivity index (χ1v) is 8.52. The number of carbonyl (C=O) groups is 2. The number of fused-ring (bicyclic) bond motifs is 1. The lowest BCUT2D eigenvalue weighted by atomic mass is 10.1. The summed E-state index contributed by atoms with van der Waals surface area (Å²) in [4.78, 5) is 24.7. The molecule has 1 aliphatic rings. The van der Waals surface area contributed by atoms with Gasteiger partial charge in [-0.3, -0.25) is 9.59 Å². The molecule has 2 heterocycles. The molecule has 2 aromatic carbocycles. The van der Waals surface area contributed by atoms with Crippen LogP contribution in [0.3, 0.4) is 0 Å². The molecule has 2 amide bonds. The van der Waals surface area contributed by atoms with Crippen LogP contribution in [-0.2, 0) is 9.59 Å². The molecule has 0 fully saturated rings. The molecule has 0 saturated carbocycles. The van der Waals surface area contributed by atoms with Crippen LogP contribution in [0.25, 0.3) is 11.1 Å². The van der Waals surface area contributed by atoms with Crippen LogP contribution in [0.5, 0.6) is 0 Å². The van der Waals surface area contributed by atoms with Gasteiger partial charge >= 0.3 is 0 Å². The largest absolute Gasteiger partial charge is 0.326 e. The maximum atomic E-state index is 13.1. The van der Waals surface area contributed by atoms with Crippen LogP contribution in [0.4, 0.5) is 15.9 Å². The molecule has 136 valence electrons. The van der Waals surface area contributed by atoms with Crippen LogP contribution in [0, 0.1) is 12.7 Å². The van der Waals surface area contributed by atoms with E-state index in [1.165, 1.54) is 16.8 Å². The van der Waals surface area contributed by atoms with Crippen molar-refractivity contribution in [2.75, 3.05) is 10.6 Å². The minimum absolute atomic E-state index is 0.0305. The molecule has 1 unspecified atom stereocenters. The first-order chi connectivity index (χ1) is 13.0. The number of halogens is 1. The number of rotatable bonds is 4. The van der Waals surface area contributed by atoms with E-state index in [9.17, 15) is 14.0 Å². The normalized spacial score (nSPS) is 15.3. The number of carbonyl (C=O) groups excluding carboxylic acids is 2. The first kappa shape index (κ1) is 17.0. The predicted octanol–water partition coefficient (Wildman–Crippen LogP) is 3.52. The van der Waals surface area contributed by atoms with Crippen LogP contribution in [0.1, 0.15) is 18.0 Å². The minimum atomic E-state index is -0.723. The zero-order chi connectivity index (χ0) is 19.0. The van der Waals surface area contributed by atoms with Gasteiger partial charge in [0.05, 0.1) is 12.6 Å². The first-order valence-electron chi connectivity index (χ1n) is 8.52. The Morgan fingerprint density at radius 1 is 1.19 bits per heavy atom. The van der Waals surface area contributed by atoms with E-state index in [4.69, 9.17) is 0 Å². The molecular formula is C20H17FN4O2. The third-order valence-electron chi connectivity index (χ3n) is 4.50. The van der Waals surface area contributed by atoms with Gasteiger partial charge in [0.15, 0.2) is 0 Å². The number of amides is 2. The van der Waals surface area contributed by atoms with E-state index in [1.54, 1.807) is 18.3 Å². The van der Waals surface area contributed by atoms with Crippen LogP contribution < -0.4 is 10.6 Å². The molecule has 0 spiro atoms. The molecule has 4 rings (SSSR count). The highest BCUT2D eigenvalue weighted by Gasteiger charge is 2.35. The molecule has 2 N–H and O–H groups in total. The topological polar surface area (TPSA) is 76.0 Å². The Hall–Kier alpha value is -3.48. The summed E-state index contributed by atoms with van der Waals surface area (Å²) in [5, 5.41) is 9.82. The Labute approximate surface area is 155 Å². The number of nitrogens with zero attached hydrogens (tertiary/aromatic N) is 2. The fraction of sp³-hybridized carbons (Fsp3) is 0.150. The third kappa shape index (κ3) is 3.31. The summed E-state index contributed by atoms with van der Waals surface area (Å²) in [5.41, 5.74) is 3.20. The van der Waals surface area contributed by atoms with Gasteiger partial charge in [-0.2, -0.15) is 5.10 Å². The standard InChI is InChI=1S/C20H17FN4O2/c1-12-2-8-15(9-3-12)23-18(26)10-17-20(27)24-19-16(11-22-25(17)19)13-4-6-14(21)7-5-13/h2-9,11,17H,10H2,1H3,(H,23,26)(H,24,27).